The van der Waals surface area contributed by atoms with Crippen LogP contribution < -0.4 is 4.74 Å². The number of ether oxygens (including phenoxy) is 1. The summed E-state index contributed by atoms with van der Waals surface area (Å²) in [6.45, 7) is 1.57. The van der Waals surface area contributed by atoms with Gasteiger partial charge in [0.05, 0.1) is 0 Å². The van der Waals surface area contributed by atoms with Crippen molar-refractivity contribution < 1.29 is 19.6 Å². The van der Waals surface area contributed by atoms with Crippen LogP contribution in [0.5, 0.6) is 11.6 Å². The second-order valence-corrected chi connectivity index (χ2v) is 3.86. The number of pyridine rings is 1. The van der Waals surface area contributed by atoms with Crippen LogP contribution >= 0.6 is 0 Å². The van der Waals surface area contributed by atoms with E-state index in [1.54, 1.807) is 6.92 Å². The molecule has 9 heteroatoms. The Morgan fingerprint density at radius 2 is 2.25 bits per heavy atom. The van der Waals surface area contributed by atoms with Crippen LogP contribution in [0.3, 0.4) is 0 Å². The third-order valence-corrected chi connectivity index (χ3v) is 2.60. The number of aromatic carboxylic acids is 1. The molecule has 2 aromatic rings. The number of aromatic nitrogens is 3. The summed E-state index contributed by atoms with van der Waals surface area (Å²) in [6.07, 6.45) is 1.29. The zero-order valence-electron chi connectivity index (χ0n) is 10.6. The van der Waals surface area contributed by atoms with Crippen molar-refractivity contribution in [1.29, 1.82) is 0 Å². The van der Waals surface area contributed by atoms with Gasteiger partial charge >= 0.3 is 17.7 Å². The zero-order chi connectivity index (χ0) is 14.9. The van der Waals surface area contributed by atoms with E-state index in [-0.39, 0.29) is 17.3 Å². The van der Waals surface area contributed by atoms with Crippen molar-refractivity contribution in [1.82, 2.24) is 14.5 Å². The molecule has 1 N–H and O–H groups in total. The van der Waals surface area contributed by atoms with Gasteiger partial charge in [0.2, 0.25) is 5.82 Å². The average molecular weight is 278 g/mol. The van der Waals surface area contributed by atoms with Crippen molar-refractivity contribution in [3.8, 4) is 11.6 Å². The van der Waals surface area contributed by atoms with Crippen molar-refractivity contribution in [3.63, 3.8) is 0 Å². The lowest BCUT2D eigenvalue weighted by atomic mass is 10.3. The number of hydrogen-bond donors (Lipinski definition) is 1. The Morgan fingerprint density at radius 1 is 1.55 bits per heavy atom. The van der Waals surface area contributed by atoms with Crippen LogP contribution in [0.4, 0.5) is 5.82 Å². The van der Waals surface area contributed by atoms with Gasteiger partial charge in [-0.1, -0.05) is 0 Å². The normalized spacial score (nSPS) is 10.3. The Kier molecular flexibility index (Phi) is 3.34. The molecule has 0 atom stereocenters. The maximum Gasteiger partial charge on any atom is 0.427 e. The van der Waals surface area contributed by atoms with Crippen LogP contribution in [0.1, 0.15) is 16.3 Å². The van der Waals surface area contributed by atoms with Gasteiger partial charge in [-0.3, -0.25) is 4.57 Å². The Balaban J connectivity index is 2.50. The van der Waals surface area contributed by atoms with E-state index >= 15 is 0 Å². The maximum absolute atomic E-state index is 11.0. The van der Waals surface area contributed by atoms with Crippen LogP contribution in [-0.4, -0.2) is 30.5 Å². The van der Waals surface area contributed by atoms with Crippen molar-refractivity contribution >= 4 is 11.8 Å². The van der Waals surface area contributed by atoms with Gasteiger partial charge in [0, 0.05) is 20.2 Å². The van der Waals surface area contributed by atoms with Crippen molar-refractivity contribution in [2.24, 2.45) is 7.05 Å². The smallest absolute Gasteiger partial charge is 0.427 e. The minimum Gasteiger partial charge on any atom is -0.476 e. The second kappa shape index (κ2) is 4.96. The lowest BCUT2D eigenvalue weighted by Crippen LogP contribution is -2.05. The highest BCUT2D eigenvalue weighted by molar-refractivity contribution is 5.88. The van der Waals surface area contributed by atoms with E-state index in [4.69, 9.17) is 9.84 Å². The van der Waals surface area contributed by atoms with Crippen LogP contribution in [0.15, 0.2) is 18.3 Å². The molecule has 0 aliphatic heterocycles. The third kappa shape index (κ3) is 2.28. The van der Waals surface area contributed by atoms with Gasteiger partial charge in [-0.05, 0) is 22.0 Å². The van der Waals surface area contributed by atoms with Crippen molar-refractivity contribution in [2.75, 3.05) is 0 Å². The molecule has 0 aliphatic rings. The molecule has 0 fully saturated rings. The molecule has 0 radical (unpaired) electrons. The summed E-state index contributed by atoms with van der Waals surface area (Å²) in [7, 11) is 1.53. The van der Waals surface area contributed by atoms with E-state index in [1.165, 1.54) is 29.9 Å². The van der Waals surface area contributed by atoms with E-state index < -0.39 is 16.7 Å². The summed E-state index contributed by atoms with van der Waals surface area (Å²) < 4.78 is 6.69. The van der Waals surface area contributed by atoms with Gasteiger partial charge in [0.1, 0.15) is 0 Å². The first kappa shape index (κ1) is 13.5. The summed E-state index contributed by atoms with van der Waals surface area (Å²) in [6, 6.07) is 2.83. The summed E-state index contributed by atoms with van der Waals surface area (Å²) in [4.78, 5) is 28.7. The fraction of sp³-hybridized carbons (Fsp3) is 0.182. The lowest BCUT2D eigenvalue weighted by molar-refractivity contribution is -0.390. The Bertz CT molecular complexity index is 694. The molecule has 20 heavy (non-hydrogen) atoms. The van der Waals surface area contributed by atoms with Crippen LogP contribution in [0.25, 0.3) is 0 Å². The van der Waals surface area contributed by atoms with Gasteiger partial charge in [0.15, 0.2) is 11.4 Å². The molecule has 0 bridgehead atoms. The monoisotopic (exact) mass is 278 g/mol. The molecular formula is C11H10N4O5. The molecule has 0 aromatic carbocycles. The predicted molar refractivity (Wildman–Crippen MR) is 65.9 cm³/mol. The predicted octanol–water partition coefficient (Wildman–Crippen LogP) is 1.52. The summed E-state index contributed by atoms with van der Waals surface area (Å²) >= 11 is 0. The number of nitro groups is 1. The molecule has 0 saturated carbocycles. The first-order chi connectivity index (χ1) is 9.41. The second-order valence-electron chi connectivity index (χ2n) is 3.86. The molecule has 104 valence electrons. The molecule has 9 nitrogen and oxygen atoms in total. The number of aryl methyl sites for hydroxylation is 1. The Hall–Kier alpha value is -2.97. The number of carboxylic acids is 1. The number of carboxylic acid groups (broad SMARTS) is 1. The van der Waals surface area contributed by atoms with Gasteiger partial charge in [-0.25, -0.2) is 9.78 Å². The molecular weight excluding hydrogens is 268 g/mol. The standard InChI is InChI=1S/C11H10N4O5/c1-6-13-9(15(18)19)10(14(6)2)20-7-4-3-5-12-8(7)11(16)17/h3-5H,1-2H3,(H,16,17). The number of imidazole rings is 1. The molecule has 0 spiro atoms. The van der Waals surface area contributed by atoms with Gasteiger partial charge in [-0.2, -0.15) is 0 Å². The molecule has 0 amide bonds. The highest BCUT2D eigenvalue weighted by Crippen LogP contribution is 2.32. The van der Waals surface area contributed by atoms with Gasteiger partial charge in [0.25, 0.3) is 0 Å². The van der Waals surface area contributed by atoms with E-state index in [0.29, 0.717) is 5.82 Å². The SMILES string of the molecule is Cc1nc([N+](=O)[O-])c(Oc2cccnc2C(=O)O)n1C. The Morgan fingerprint density at radius 3 is 2.85 bits per heavy atom. The highest BCUT2D eigenvalue weighted by atomic mass is 16.6. The maximum atomic E-state index is 11.0. The first-order valence-corrected chi connectivity index (χ1v) is 5.45. The largest absolute Gasteiger partial charge is 0.476 e. The zero-order valence-corrected chi connectivity index (χ0v) is 10.6. The van der Waals surface area contributed by atoms with Crippen LogP contribution in [0.2, 0.25) is 0 Å². The first-order valence-electron chi connectivity index (χ1n) is 5.45. The van der Waals surface area contributed by atoms with E-state index in [1.807, 2.05) is 0 Å². The van der Waals surface area contributed by atoms with Crippen molar-refractivity contribution in [2.45, 2.75) is 6.92 Å². The van der Waals surface area contributed by atoms with Gasteiger partial charge in [-0.15, -0.1) is 0 Å². The molecule has 0 aliphatic carbocycles. The van der Waals surface area contributed by atoms with Crippen molar-refractivity contribution in [3.05, 3.63) is 40.0 Å². The summed E-state index contributed by atoms with van der Waals surface area (Å²) in [5.41, 5.74) is -0.333. The number of hydrogen-bond acceptors (Lipinski definition) is 6. The van der Waals surface area contributed by atoms with Crippen LogP contribution in [0, 0.1) is 17.0 Å². The van der Waals surface area contributed by atoms with E-state index in [9.17, 15) is 14.9 Å². The summed E-state index contributed by atoms with van der Waals surface area (Å²) in [5.74, 6) is -1.64. The molecule has 0 saturated heterocycles. The average Bonchev–Trinajstić information content (AvgIpc) is 2.67. The minimum atomic E-state index is -1.29. The Labute approximate surface area is 112 Å². The molecule has 2 heterocycles. The topological polar surface area (TPSA) is 120 Å². The third-order valence-electron chi connectivity index (χ3n) is 2.60. The fourth-order valence-electron chi connectivity index (χ4n) is 1.54. The number of rotatable bonds is 4. The quantitative estimate of drug-likeness (QED) is 0.664. The van der Waals surface area contributed by atoms with E-state index in [0.717, 1.165) is 0 Å². The fourth-order valence-corrected chi connectivity index (χ4v) is 1.54. The van der Waals surface area contributed by atoms with E-state index in [2.05, 4.69) is 9.97 Å². The number of nitrogens with zero attached hydrogens (tertiary/aromatic N) is 4. The molecule has 2 rings (SSSR count). The molecule has 0 unspecified atom stereocenters. The molecule has 2 aromatic heterocycles. The number of carbonyl (C=O) groups is 1. The van der Waals surface area contributed by atoms with Crippen LogP contribution in [-0.2, 0) is 7.05 Å². The van der Waals surface area contributed by atoms with Gasteiger partial charge < -0.3 is 20.0 Å². The minimum absolute atomic E-state index is 0.0916. The highest BCUT2D eigenvalue weighted by Gasteiger charge is 2.27. The lowest BCUT2D eigenvalue weighted by Gasteiger charge is -2.07. The summed E-state index contributed by atoms with van der Waals surface area (Å²) in [5, 5.41) is 19.9.